The number of methoxy groups -OCH3 is 1. The first-order valence-corrected chi connectivity index (χ1v) is 3.41. The monoisotopic (exact) mass is 145 g/mol. The zero-order valence-electron chi connectivity index (χ0n) is 6.97. The summed E-state index contributed by atoms with van der Waals surface area (Å²) in [5.41, 5.74) is 0. The maximum absolute atomic E-state index is 10.8. The van der Waals surface area contributed by atoms with Crippen molar-refractivity contribution >= 4 is 5.97 Å². The summed E-state index contributed by atoms with van der Waals surface area (Å²) in [6.45, 7) is 5.75. The molecule has 0 aromatic heterocycles. The van der Waals surface area contributed by atoms with E-state index in [9.17, 15) is 4.79 Å². The SMILES string of the molecule is COC(=O)[C@@H](C)NC(C)C. The van der Waals surface area contributed by atoms with Crippen LogP contribution in [0.3, 0.4) is 0 Å². The summed E-state index contributed by atoms with van der Waals surface area (Å²) in [5.74, 6) is -0.214. The lowest BCUT2D eigenvalue weighted by molar-refractivity contribution is -0.142. The Morgan fingerprint density at radius 1 is 1.40 bits per heavy atom. The van der Waals surface area contributed by atoms with E-state index in [2.05, 4.69) is 10.1 Å². The van der Waals surface area contributed by atoms with Crippen molar-refractivity contribution in [3.05, 3.63) is 0 Å². The predicted molar refractivity (Wildman–Crippen MR) is 39.7 cm³/mol. The second-order valence-electron chi connectivity index (χ2n) is 2.57. The smallest absolute Gasteiger partial charge is 0.322 e. The molecule has 0 aliphatic carbocycles. The van der Waals surface area contributed by atoms with Gasteiger partial charge >= 0.3 is 5.97 Å². The highest BCUT2D eigenvalue weighted by atomic mass is 16.5. The van der Waals surface area contributed by atoms with Gasteiger partial charge in [0.2, 0.25) is 0 Å². The first kappa shape index (κ1) is 9.43. The predicted octanol–water partition coefficient (Wildman–Crippen LogP) is 0.546. The fourth-order valence-electron chi connectivity index (χ4n) is 0.745. The lowest BCUT2D eigenvalue weighted by atomic mass is 10.3. The maximum Gasteiger partial charge on any atom is 0.322 e. The largest absolute Gasteiger partial charge is 0.468 e. The van der Waals surface area contributed by atoms with E-state index < -0.39 is 0 Å². The maximum atomic E-state index is 10.8. The Morgan fingerprint density at radius 2 is 1.90 bits per heavy atom. The van der Waals surface area contributed by atoms with Crippen LogP contribution in [-0.4, -0.2) is 25.2 Å². The van der Waals surface area contributed by atoms with Crippen LogP contribution in [0.4, 0.5) is 0 Å². The molecule has 0 saturated heterocycles. The van der Waals surface area contributed by atoms with Crippen LogP contribution in [-0.2, 0) is 9.53 Å². The third-order valence-corrected chi connectivity index (χ3v) is 1.14. The van der Waals surface area contributed by atoms with Crippen LogP contribution in [0.5, 0.6) is 0 Å². The van der Waals surface area contributed by atoms with Crippen molar-refractivity contribution in [3.8, 4) is 0 Å². The van der Waals surface area contributed by atoms with Crippen LogP contribution in [0.2, 0.25) is 0 Å². The van der Waals surface area contributed by atoms with Crippen LogP contribution in [0.15, 0.2) is 0 Å². The van der Waals surface area contributed by atoms with Crippen molar-refractivity contribution in [3.63, 3.8) is 0 Å². The number of nitrogens with one attached hydrogen (secondary N) is 1. The lowest BCUT2D eigenvalue weighted by Gasteiger charge is -2.13. The summed E-state index contributed by atoms with van der Waals surface area (Å²) in [4.78, 5) is 10.8. The molecule has 3 heteroatoms. The van der Waals surface area contributed by atoms with E-state index in [1.54, 1.807) is 6.92 Å². The standard InChI is InChI=1S/C7H15NO2/c1-5(2)8-6(3)7(9)10-4/h5-6,8H,1-4H3/t6-/m1/s1. The highest BCUT2D eigenvalue weighted by molar-refractivity contribution is 5.75. The minimum atomic E-state index is -0.214. The highest BCUT2D eigenvalue weighted by Gasteiger charge is 2.12. The number of hydrogen-bond donors (Lipinski definition) is 1. The molecule has 60 valence electrons. The first-order chi connectivity index (χ1) is 4.57. The van der Waals surface area contributed by atoms with E-state index in [1.807, 2.05) is 13.8 Å². The Kier molecular flexibility index (Phi) is 4.03. The summed E-state index contributed by atoms with van der Waals surface area (Å²) in [5, 5.41) is 3.02. The molecular formula is C7H15NO2. The Hall–Kier alpha value is -0.570. The summed E-state index contributed by atoms with van der Waals surface area (Å²) >= 11 is 0. The molecule has 1 N–H and O–H groups in total. The van der Waals surface area contributed by atoms with Crippen LogP contribution >= 0.6 is 0 Å². The number of hydrogen-bond acceptors (Lipinski definition) is 3. The molecular weight excluding hydrogens is 130 g/mol. The van der Waals surface area contributed by atoms with Gasteiger partial charge in [-0.2, -0.15) is 0 Å². The Balaban J connectivity index is 3.61. The molecule has 0 fully saturated rings. The third kappa shape index (κ3) is 3.45. The normalized spacial score (nSPS) is 13.3. The van der Waals surface area contributed by atoms with Crippen molar-refractivity contribution in [1.82, 2.24) is 5.32 Å². The van der Waals surface area contributed by atoms with Crippen molar-refractivity contribution in [2.24, 2.45) is 0 Å². The van der Waals surface area contributed by atoms with E-state index in [0.29, 0.717) is 6.04 Å². The highest BCUT2D eigenvalue weighted by Crippen LogP contribution is 1.88. The van der Waals surface area contributed by atoms with Gasteiger partial charge in [-0.1, -0.05) is 13.8 Å². The van der Waals surface area contributed by atoms with Crippen LogP contribution in [0, 0.1) is 0 Å². The van der Waals surface area contributed by atoms with E-state index in [-0.39, 0.29) is 12.0 Å². The quantitative estimate of drug-likeness (QED) is 0.589. The van der Waals surface area contributed by atoms with Crippen molar-refractivity contribution < 1.29 is 9.53 Å². The van der Waals surface area contributed by atoms with Gasteiger partial charge in [0, 0.05) is 6.04 Å². The van der Waals surface area contributed by atoms with Crippen LogP contribution < -0.4 is 5.32 Å². The number of carbonyl (C=O) groups excluding carboxylic acids is 1. The summed E-state index contributed by atoms with van der Waals surface area (Å²) in [6.07, 6.45) is 0. The molecule has 0 heterocycles. The number of esters is 1. The Morgan fingerprint density at radius 3 is 2.20 bits per heavy atom. The van der Waals surface area contributed by atoms with E-state index in [4.69, 9.17) is 0 Å². The van der Waals surface area contributed by atoms with E-state index in [0.717, 1.165) is 0 Å². The minimum absolute atomic E-state index is 0.204. The fourth-order valence-corrected chi connectivity index (χ4v) is 0.745. The molecule has 10 heavy (non-hydrogen) atoms. The van der Waals surface area contributed by atoms with E-state index in [1.165, 1.54) is 7.11 Å². The van der Waals surface area contributed by atoms with Gasteiger partial charge in [-0.05, 0) is 6.92 Å². The average Bonchev–Trinajstić information content (AvgIpc) is 1.85. The first-order valence-electron chi connectivity index (χ1n) is 3.41. The molecule has 0 amide bonds. The Bertz CT molecular complexity index is 112. The number of rotatable bonds is 3. The molecule has 0 spiro atoms. The van der Waals surface area contributed by atoms with Gasteiger partial charge in [-0.25, -0.2) is 0 Å². The molecule has 0 radical (unpaired) electrons. The average molecular weight is 145 g/mol. The summed E-state index contributed by atoms with van der Waals surface area (Å²) in [7, 11) is 1.39. The second kappa shape index (κ2) is 4.28. The van der Waals surface area contributed by atoms with Gasteiger partial charge in [-0.15, -0.1) is 0 Å². The molecule has 0 rings (SSSR count). The van der Waals surface area contributed by atoms with Gasteiger partial charge < -0.3 is 10.1 Å². The van der Waals surface area contributed by atoms with Crippen LogP contribution in [0.1, 0.15) is 20.8 Å². The van der Waals surface area contributed by atoms with E-state index >= 15 is 0 Å². The molecule has 0 unspecified atom stereocenters. The zero-order valence-corrected chi connectivity index (χ0v) is 6.97. The summed E-state index contributed by atoms with van der Waals surface area (Å²) < 4.78 is 4.51. The fraction of sp³-hybridized carbons (Fsp3) is 0.857. The molecule has 3 nitrogen and oxygen atoms in total. The molecule has 0 bridgehead atoms. The van der Waals surface area contributed by atoms with Gasteiger partial charge in [0.15, 0.2) is 0 Å². The molecule has 0 aromatic carbocycles. The lowest BCUT2D eigenvalue weighted by Crippen LogP contribution is -2.39. The summed E-state index contributed by atoms with van der Waals surface area (Å²) in [6, 6.07) is 0.110. The molecule has 0 saturated carbocycles. The zero-order chi connectivity index (χ0) is 8.15. The molecule has 0 aromatic rings. The topological polar surface area (TPSA) is 38.3 Å². The van der Waals surface area contributed by atoms with Crippen LogP contribution in [0.25, 0.3) is 0 Å². The van der Waals surface area contributed by atoms with Crippen molar-refractivity contribution in [2.45, 2.75) is 32.9 Å². The molecule has 1 atom stereocenters. The second-order valence-corrected chi connectivity index (χ2v) is 2.57. The number of carbonyl (C=O) groups is 1. The molecule has 0 aliphatic heterocycles. The van der Waals surface area contributed by atoms with Gasteiger partial charge in [0.25, 0.3) is 0 Å². The third-order valence-electron chi connectivity index (χ3n) is 1.14. The van der Waals surface area contributed by atoms with Gasteiger partial charge in [0.05, 0.1) is 7.11 Å². The van der Waals surface area contributed by atoms with Crippen molar-refractivity contribution in [1.29, 1.82) is 0 Å². The van der Waals surface area contributed by atoms with Gasteiger partial charge in [-0.3, -0.25) is 4.79 Å². The van der Waals surface area contributed by atoms with Crippen molar-refractivity contribution in [2.75, 3.05) is 7.11 Å². The van der Waals surface area contributed by atoms with Gasteiger partial charge in [0.1, 0.15) is 6.04 Å². The Labute approximate surface area is 61.8 Å². The minimum Gasteiger partial charge on any atom is -0.468 e. The number of ether oxygens (including phenoxy) is 1. The molecule has 0 aliphatic rings.